The third-order valence-electron chi connectivity index (χ3n) is 3.45. The molecular formula is C12H18ClNS. The van der Waals surface area contributed by atoms with Crippen LogP contribution in [0.3, 0.4) is 0 Å². The quantitative estimate of drug-likeness (QED) is 0.843. The molecule has 1 heterocycles. The highest BCUT2D eigenvalue weighted by molar-refractivity contribution is 7.10. The van der Waals surface area contributed by atoms with Crippen LogP contribution in [-0.2, 0) is 0 Å². The van der Waals surface area contributed by atoms with E-state index in [2.05, 4.69) is 17.6 Å². The Bertz CT molecular complexity index is 323. The summed E-state index contributed by atoms with van der Waals surface area (Å²) in [5.41, 5.74) is 0. The monoisotopic (exact) mass is 243 g/mol. The molecular weight excluding hydrogens is 226 g/mol. The number of hydrogen-bond acceptors (Lipinski definition) is 2. The zero-order chi connectivity index (χ0) is 10.8. The molecule has 84 valence electrons. The highest BCUT2D eigenvalue weighted by Crippen LogP contribution is 2.42. The summed E-state index contributed by atoms with van der Waals surface area (Å²) in [5.74, 6) is 1.64. The molecule has 1 N–H and O–H groups in total. The lowest BCUT2D eigenvalue weighted by Crippen LogP contribution is -2.23. The summed E-state index contributed by atoms with van der Waals surface area (Å²) in [7, 11) is 2.05. The summed E-state index contributed by atoms with van der Waals surface area (Å²) in [6, 6.07) is 2.46. The predicted molar refractivity (Wildman–Crippen MR) is 67.6 cm³/mol. The first-order chi connectivity index (χ1) is 7.22. The lowest BCUT2D eigenvalue weighted by Gasteiger charge is -2.22. The number of thiophene rings is 1. The zero-order valence-corrected chi connectivity index (χ0v) is 10.9. The van der Waals surface area contributed by atoms with Gasteiger partial charge in [0.2, 0.25) is 0 Å². The second-order valence-corrected chi connectivity index (χ2v) is 5.93. The Morgan fingerprint density at radius 3 is 2.80 bits per heavy atom. The van der Waals surface area contributed by atoms with E-state index in [-0.39, 0.29) is 0 Å². The number of halogens is 1. The van der Waals surface area contributed by atoms with Crippen LogP contribution in [0.25, 0.3) is 0 Å². The van der Waals surface area contributed by atoms with Crippen molar-refractivity contribution in [3.8, 4) is 0 Å². The Kier molecular flexibility index (Phi) is 3.70. The molecule has 1 saturated carbocycles. The van der Waals surface area contributed by atoms with Crippen LogP contribution >= 0.6 is 22.9 Å². The van der Waals surface area contributed by atoms with Crippen molar-refractivity contribution in [3.63, 3.8) is 0 Å². The van der Waals surface area contributed by atoms with E-state index in [0.29, 0.717) is 6.04 Å². The molecule has 0 aromatic carbocycles. The van der Waals surface area contributed by atoms with E-state index in [0.717, 1.165) is 16.9 Å². The Morgan fingerprint density at radius 2 is 2.33 bits per heavy atom. The van der Waals surface area contributed by atoms with Crippen molar-refractivity contribution in [2.45, 2.75) is 32.2 Å². The molecule has 15 heavy (non-hydrogen) atoms. The normalized spacial score (nSPS) is 28.2. The van der Waals surface area contributed by atoms with Gasteiger partial charge in [-0.15, -0.1) is 11.3 Å². The lowest BCUT2D eigenvalue weighted by atomic mass is 9.96. The van der Waals surface area contributed by atoms with E-state index in [1.165, 1.54) is 24.1 Å². The summed E-state index contributed by atoms with van der Waals surface area (Å²) < 4.78 is 0. The second kappa shape index (κ2) is 4.86. The van der Waals surface area contributed by atoms with Crippen molar-refractivity contribution in [2.24, 2.45) is 11.8 Å². The SMILES string of the molecule is CNC(c1sccc1Cl)C1CCC(C)C1. The van der Waals surface area contributed by atoms with E-state index in [4.69, 9.17) is 11.6 Å². The van der Waals surface area contributed by atoms with Gasteiger partial charge in [-0.05, 0) is 43.2 Å². The molecule has 1 aromatic rings. The summed E-state index contributed by atoms with van der Waals surface area (Å²) in [4.78, 5) is 1.32. The van der Waals surface area contributed by atoms with Gasteiger partial charge in [0.1, 0.15) is 0 Å². The van der Waals surface area contributed by atoms with E-state index in [9.17, 15) is 0 Å². The third-order valence-corrected chi connectivity index (χ3v) is 4.89. The van der Waals surface area contributed by atoms with Crippen LogP contribution in [0.4, 0.5) is 0 Å². The van der Waals surface area contributed by atoms with Crippen molar-refractivity contribution in [1.29, 1.82) is 0 Å². The van der Waals surface area contributed by atoms with Gasteiger partial charge >= 0.3 is 0 Å². The molecule has 1 nitrogen and oxygen atoms in total. The Balaban J connectivity index is 2.14. The lowest BCUT2D eigenvalue weighted by molar-refractivity contribution is 0.384. The van der Waals surface area contributed by atoms with Gasteiger partial charge in [0.15, 0.2) is 0 Å². The van der Waals surface area contributed by atoms with E-state index < -0.39 is 0 Å². The highest BCUT2D eigenvalue weighted by Gasteiger charge is 2.30. The minimum atomic E-state index is 0.461. The van der Waals surface area contributed by atoms with E-state index in [1.54, 1.807) is 11.3 Å². The molecule has 1 aliphatic rings. The van der Waals surface area contributed by atoms with Crippen molar-refractivity contribution >= 4 is 22.9 Å². The average molecular weight is 244 g/mol. The zero-order valence-electron chi connectivity index (χ0n) is 9.29. The van der Waals surface area contributed by atoms with E-state index >= 15 is 0 Å². The maximum Gasteiger partial charge on any atom is 0.0561 e. The Labute approximate surface area is 101 Å². The van der Waals surface area contributed by atoms with Gasteiger partial charge in [0.25, 0.3) is 0 Å². The van der Waals surface area contributed by atoms with Crippen LogP contribution in [0, 0.1) is 11.8 Å². The van der Waals surface area contributed by atoms with Gasteiger partial charge in [-0.25, -0.2) is 0 Å². The predicted octanol–water partition coefficient (Wildman–Crippen LogP) is 4.10. The fraction of sp³-hybridized carbons (Fsp3) is 0.667. The smallest absolute Gasteiger partial charge is 0.0561 e. The molecule has 0 aliphatic heterocycles. The van der Waals surface area contributed by atoms with Gasteiger partial charge in [-0.3, -0.25) is 0 Å². The molecule has 0 radical (unpaired) electrons. The Morgan fingerprint density at radius 1 is 1.53 bits per heavy atom. The summed E-state index contributed by atoms with van der Waals surface area (Å²) in [5, 5.41) is 6.45. The summed E-state index contributed by atoms with van der Waals surface area (Å²) >= 11 is 7.97. The first kappa shape index (κ1) is 11.4. The fourth-order valence-electron chi connectivity index (χ4n) is 2.66. The second-order valence-electron chi connectivity index (χ2n) is 4.58. The van der Waals surface area contributed by atoms with Gasteiger partial charge in [0.05, 0.1) is 5.02 Å². The van der Waals surface area contributed by atoms with Gasteiger partial charge in [-0.1, -0.05) is 24.9 Å². The Hall–Kier alpha value is -0.0500. The molecule has 2 rings (SSSR count). The molecule has 0 spiro atoms. The molecule has 3 heteroatoms. The molecule has 0 bridgehead atoms. The van der Waals surface area contributed by atoms with Crippen LogP contribution in [-0.4, -0.2) is 7.05 Å². The number of nitrogens with one attached hydrogen (secondary N) is 1. The average Bonchev–Trinajstić information content (AvgIpc) is 2.79. The number of hydrogen-bond donors (Lipinski definition) is 1. The topological polar surface area (TPSA) is 12.0 Å². The first-order valence-corrected chi connectivity index (χ1v) is 6.88. The molecule has 3 unspecified atom stereocenters. The first-order valence-electron chi connectivity index (χ1n) is 5.62. The largest absolute Gasteiger partial charge is 0.312 e. The molecule has 0 saturated heterocycles. The molecule has 1 aromatic heterocycles. The van der Waals surface area contributed by atoms with Crippen molar-refractivity contribution in [1.82, 2.24) is 5.32 Å². The van der Waals surface area contributed by atoms with Crippen molar-refractivity contribution in [3.05, 3.63) is 21.3 Å². The standard InChI is InChI=1S/C12H18ClNS/c1-8-3-4-9(7-8)11(14-2)12-10(13)5-6-15-12/h5-6,8-9,11,14H,3-4,7H2,1-2H3. The van der Waals surface area contributed by atoms with E-state index in [1.807, 2.05) is 13.1 Å². The van der Waals surface area contributed by atoms with Crippen LogP contribution in [0.5, 0.6) is 0 Å². The molecule has 1 aliphatic carbocycles. The van der Waals surface area contributed by atoms with Gasteiger partial charge < -0.3 is 5.32 Å². The van der Waals surface area contributed by atoms with Crippen LogP contribution in [0.1, 0.15) is 37.1 Å². The molecule has 3 atom stereocenters. The van der Waals surface area contributed by atoms with Crippen molar-refractivity contribution < 1.29 is 0 Å². The fourth-order valence-corrected chi connectivity index (χ4v) is 4.04. The van der Waals surface area contributed by atoms with Gasteiger partial charge in [-0.2, -0.15) is 0 Å². The minimum Gasteiger partial charge on any atom is -0.312 e. The highest BCUT2D eigenvalue weighted by atomic mass is 35.5. The summed E-state index contributed by atoms with van der Waals surface area (Å²) in [6.07, 6.45) is 4.03. The van der Waals surface area contributed by atoms with Crippen molar-refractivity contribution in [2.75, 3.05) is 7.05 Å². The van der Waals surface area contributed by atoms with Gasteiger partial charge in [0, 0.05) is 10.9 Å². The summed E-state index contributed by atoms with van der Waals surface area (Å²) in [6.45, 7) is 2.35. The third kappa shape index (κ3) is 2.38. The molecule has 0 amide bonds. The minimum absolute atomic E-state index is 0.461. The van der Waals surface area contributed by atoms with Crippen LogP contribution in [0.15, 0.2) is 11.4 Å². The van der Waals surface area contributed by atoms with Crippen LogP contribution in [0.2, 0.25) is 5.02 Å². The number of rotatable bonds is 3. The maximum atomic E-state index is 6.20. The molecule has 1 fully saturated rings. The maximum absolute atomic E-state index is 6.20. The van der Waals surface area contributed by atoms with Crippen LogP contribution < -0.4 is 5.32 Å².